The molecule has 1 atom stereocenters. The van der Waals surface area contributed by atoms with Crippen molar-refractivity contribution in [3.8, 4) is 5.75 Å². The number of hydrogen-bond acceptors (Lipinski definition) is 6. The minimum atomic E-state index is -1.24. The predicted molar refractivity (Wildman–Crippen MR) is 61.1 cm³/mol. The Morgan fingerprint density at radius 2 is 2.33 bits per heavy atom. The summed E-state index contributed by atoms with van der Waals surface area (Å²) in [7, 11) is 0. The van der Waals surface area contributed by atoms with E-state index in [0.717, 1.165) is 6.26 Å². The number of hydrogen-bond donors (Lipinski definition) is 3. The van der Waals surface area contributed by atoms with E-state index in [1.54, 1.807) is 4.90 Å². The van der Waals surface area contributed by atoms with Crippen molar-refractivity contribution in [3.05, 3.63) is 28.3 Å². The molecule has 2 heterocycles. The normalized spacial score (nSPS) is 24.3. The summed E-state index contributed by atoms with van der Waals surface area (Å²) < 4.78 is 5.05. The minimum absolute atomic E-state index is 0.201. The third-order valence-corrected chi connectivity index (χ3v) is 3.05. The molecule has 0 bridgehead atoms. The van der Waals surface area contributed by atoms with Crippen LogP contribution in [0.25, 0.3) is 0 Å². The first-order chi connectivity index (χ1) is 8.40. The average Bonchev–Trinajstić information content (AvgIpc) is 2.67. The van der Waals surface area contributed by atoms with E-state index in [1.807, 2.05) is 0 Å². The van der Waals surface area contributed by atoms with Crippen LogP contribution in [-0.2, 0) is 11.3 Å². The van der Waals surface area contributed by atoms with Gasteiger partial charge in [0.25, 0.3) is 0 Å². The van der Waals surface area contributed by atoms with Crippen LogP contribution in [0.1, 0.15) is 12.2 Å². The SMILES string of the molecule is NC1(C(=O)O)CCN(Cc2cc(=O)c(O)co2)C1. The van der Waals surface area contributed by atoms with E-state index in [9.17, 15) is 9.59 Å². The highest BCUT2D eigenvalue weighted by Crippen LogP contribution is 2.21. The lowest BCUT2D eigenvalue weighted by Gasteiger charge is -2.19. The lowest BCUT2D eigenvalue weighted by molar-refractivity contribution is -0.142. The standard InChI is InChI=1S/C11H14N2O5/c12-11(10(16)17)1-2-13(6-11)4-7-3-8(14)9(15)5-18-7/h3,5,15H,1-2,4,6,12H2,(H,16,17). The van der Waals surface area contributed by atoms with Crippen molar-refractivity contribution in [3.63, 3.8) is 0 Å². The Morgan fingerprint density at radius 1 is 1.61 bits per heavy atom. The van der Waals surface area contributed by atoms with Gasteiger partial charge in [0.05, 0.1) is 6.54 Å². The molecule has 0 spiro atoms. The number of rotatable bonds is 3. The number of carboxylic acids is 1. The van der Waals surface area contributed by atoms with Crippen LogP contribution >= 0.6 is 0 Å². The maximum absolute atomic E-state index is 11.2. The van der Waals surface area contributed by atoms with Crippen LogP contribution < -0.4 is 11.2 Å². The van der Waals surface area contributed by atoms with Gasteiger partial charge in [-0.15, -0.1) is 0 Å². The highest BCUT2D eigenvalue weighted by atomic mass is 16.4. The van der Waals surface area contributed by atoms with E-state index in [1.165, 1.54) is 6.07 Å². The zero-order valence-corrected chi connectivity index (χ0v) is 9.63. The molecule has 1 aliphatic heterocycles. The summed E-state index contributed by atoms with van der Waals surface area (Å²) in [6.45, 7) is 1.02. The highest BCUT2D eigenvalue weighted by Gasteiger charge is 2.41. The number of carbonyl (C=O) groups is 1. The van der Waals surface area contributed by atoms with Gasteiger partial charge in [-0.2, -0.15) is 0 Å². The van der Waals surface area contributed by atoms with E-state index in [2.05, 4.69) is 0 Å². The van der Waals surface area contributed by atoms with Crippen molar-refractivity contribution < 1.29 is 19.4 Å². The Hall–Kier alpha value is -1.86. The van der Waals surface area contributed by atoms with Crippen molar-refractivity contribution in [1.82, 2.24) is 4.90 Å². The van der Waals surface area contributed by atoms with Gasteiger partial charge in [-0.05, 0) is 6.42 Å². The van der Waals surface area contributed by atoms with Crippen molar-refractivity contribution in [1.29, 1.82) is 0 Å². The van der Waals surface area contributed by atoms with Gasteiger partial charge in [0, 0.05) is 19.2 Å². The van der Waals surface area contributed by atoms with Gasteiger partial charge in [-0.1, -0.05) is 0 Å². The van der Waals surface area contributed by atoms with Gasteiger partial charge in [0.15, 0.2) is 5.75 Å². The van der Waals surface area contributed by atoms with Gasteiger partial charge >= 0.3 is 5.97 Å². The summed E-state index contributed by atoms with van der Waals surface area (Å²) in [5.74, 6) is -1.11. The molecule has 18 heavy (non-hydrogen) atoms. The quantitative estimate of drug-likeness (QED) is 0.655. The molecule has 7 nitrogen and oxygen atoms in total. The summed E-state index contributed by atoms with van der Waals surface area (Å²) in [5.41, 5.74) is 3.97. The van der Waals surface area contributed by atoms with Gasteiger partial charge in [-0.25, -0.2) is 0 Å². The zero-order chi connectivity index (χ0) is 13.3. The molecule has 1 aliphatic rings. The monoisotopic (exact) mass is 254 g/mol. The third-order valence-electron chi connectivity index (χ3n) is 3.05. The smallest absolute Gasteiger partial charge is 0.325 e. The lowest BCUT2D eigenvalue weighted by Crippen LogP contribution is -2.50. The molecule has 0 amide bonds. The molecule has 2 rings (SSSR count). The fourth-order valence-corrected chi connectivity index (χ4v) is 1.97. The third kappa shape index (κ3) is 2.36. The van der Waals surface area contributed by atoms with Crippen LogP contribution in [-0.4, -0.2) is 39.7 Å². The Morgan fingerprint density at radius 3 is 2.89 bits per heavy atom. The predicted octanol–water partition coefficient (Wildman–Crippen LogP) is -0.667. The summed E-state index contributed by atoms with van der Waals surface area (Å²) in [5, 5.41) is 18.0. The molecule has 1 saturated heterocycles. The fraction of sp³-hybridized carbons (Fsp3) is 0.455. The molecule has 1 aromatic rings. The molecule has 0 aliphatic carbocycles. The van der Waals surface area contributed by atoms with Crippen LogP contribution in [0.3, 0.4) is 0 Å². The Balaban J connectivity index is 2.06. The second-order valence-electron chi connectivity index (χ2n) is 4.52. The molecular weight excluding hydrogens is 240 g/mol. The summed E-state index contributed by atoms with van der Waals surface area (Å²) in [6.07, 6.45) is 1.32. The highest BCUT2D eigenvalue weighted by molar-refractivity contribution is 5.79. The van der Waals surface area contributed by atoms with Crippen LogP contribution in [0.4, 0.5) is 0 Å². The molecule has 0 radical (unpaired) electrons. The number of nitrogens with zero attached hydrogens (tertiary/aromatic N) is 1. The van der Waals surface area contributed by atoms with E-state index >= 15 is 0 Å². The molecule has 1 fully saturated rings. The van der Waals surface area contributed by atoms with Gasteiger partial charge in [0.2, 0.25) is 5.43 Å². The first-order valence-electron chi connectivity index (χ1n) is 5.46. The Bertz CT molecular complexity index is 526. The summed E-state index contributed by atoms with van der Waals surface area (Å²) in [4.78, 5) is 24.0. The minimum Gasteiger partial charge on any atom is -0.502 e. The number of aromatic hydroxyl groups is 1. The van der Waals surface area contributed by atoms with Crippen LogP contribution in [0, 0.1) is 0 Å². The summed E-state index contributed by atoms with van der Waals surface area (Å²) in [6, 6.07) is 1.19. The molecule has 7 heteroatoms. The molecular formula is C11H14N2O5. The van der Waals surface area contributed by atoms with E-state index < -0.39 is 22.7 Å². The van der Waals surface area contributed by atoms with Crippen molar-refractivity contribution in [2.24, 2.45) is 5.73 Å². The van der Waals surface area contributed by atoms with Crippen molar-refractivity contribution >= 4 is 5.97 Å². The second kappa shape index (κ2) is 4.43. The van der Waals surface area contributed by atoms with Crippen LogP contribution in [0.15, 0.2) is 21.5 Å². The number of likely N-dealkylation sites (tertiary alicyclic amines) is 1. The number of carboxylic acid groups (broad SMARTS) is 1. The molecule has 0 aromatic carbocycles. The fourth-order valence-electron chi connectivity index (χ4n) is 1.97. The van der Waals surface area contributed by atoms with Crippen molar-refractivity contribution in [2.75, 3.05) is 13.1 Å². The maximum atomic E-state index is 11.2. The zero-order valence-electron chi connectivity index (χ0n) is 9.63. The molecule has 1 unspecified atom stereocenters. The average molecular weight is 254 g/mol. The summed E-state index contributed by atoms with van der Waals surface area (Å²) >= 11 is 0. The lowest BCUT2D eigenvalue weighted by atomic mass is 10.0. The van der Waals surface area contributed by atoms with Crippen LogP contribution in [0.5, 0.6) is 5.75 Å². The van der Waals surface area contributed by atoms with Crippen LogP contribution in [0.2, 0.25) is 0 Å². The van der Waals surface area contributed by atoms with E-state index in [0.29, 0.717) is 25.3 Å². The van der Waals surface area contributed by atoms with E-state index in [4.69, 9.17) is 20.4 Å². The molecule has 98 valence electrons. The van der Waals surface area contributed by atoms with Crippen molar-refractivity contribution in [2.45, 2.75) is 18.5 Å². The maximum Gasteiger partial charge on any atom is 0.325 e. The van der Waals surface area contributed by atoms with Gasteiger partial charge in [0.1, 0.15) is 17.6 Å². The Labute approximate surface area is 102 Å². The van der Waals surface area contributed by atoms with E-state index in [-0.39, 0.29) is 6.54 Å². The Kier molecular flexibility index (Phi) is 3.10. The largest absolute Gasteiger partial charge is 0.502 e. The first kappa shape index (κ1) is 12.6. The van der Waals surface area contributed by atoms with Gasteiger partial charge in [-0.3, -0.25) is 14.5 Å². The first-order valence-corrected chi connectivity index (χ1v) is 5.46. The molecule has 0 saturated carbocycles. The second-order valence-corrected chi connectivity index (χ2v) is 4.52. The molecule has 1 aromatic heterocycles. The molecule has 4 N–H and O–H groups in total. The number of nitrogens with two attached hydrogens (primary N) is 1. The van der Waals surface area contributed by atoms with Gasteiger partial charge < -0.3 is 20.4 Å². The number of aliphatic carboxylic acids is 1. The topological polar surface area (TPSA) is 117 Å².